The number of hydrogen-bond acceptors (Lipinski definition) is 2. The number of benzene rings is 1. The molecule has 1 atom stereocenters. The fraction of sp³-hybridized carbons (Fsp3) is 0.471. The first-order chi connectivity index (χ1) is 10.4. The number of carbonyl (C=O) groups excluding carboxylic acids is 1. The van der Waals surface area contributed by atoms with Crippen LogP contribution in [0.1, 0.15) is 26.7 Å². The summed E-state index contributed by atoms with van der Waals surface area (Å²) in [6.07, 6.45) is 3.71. The van der Waals surface area contributed by atoms with E-state index in [0.717, 1.165) is 28.2 Å². The number of hydrogen-bond donors (Lipinski definition) is 1. The molecule has 22 heavy (non-hydrogen) atoms. The highest BCUT2D eigenvalue weighted by Gasteiger charge is 2.29. The number of carbonyl (C=O) groups is 1. The molecule has 3 rings (SSSR count). The molecule has 0 spiro atoms. The largest absolute Gasteiger partial charge is 0.375 e. The van der Waals surface area contributed by atoms with Crippen molar-refractivity contribution in [3.8, 4) is 0 Å². The summed E-state index contributed by atoms with van der Waals surface area (Å²) in [4.78, 5) is 12.3. The first-order valence-corrected chi connectivity index (χ1v) is 8.40. The second kappa shape index (κ2) is 6.05. The van der Waals surface area contributed by atoms with Gasteiger partial charge in [0.2, 0.25) is 5.91 Å². The van der Waals surface area contributed by atoms with Crippen LogP contribution in [-0.4, -0.2) is 28.7 Å². The zero-order valence-electron chi connectivity index (χ0n) is 12.9. The molecule has 2 aromatic rings. The molecule has 2 heterocycles. The van der Waals surface area contributed by atoms with Crippen LogP contribution in [-0.2, 0) is 16.1 Å². The van der Waals surface area contributed by atoms with E-state index in [1.807, 2.05) is 29.0 Å². The topological polar surface area (TPSA) is 43.3 Å². The summed E-state index contributed by atoms with van der Waals surface area (Å²) in [5.41, 5.74) is 0.925. The molecule has 1 amide bonds. The summed E-state index contributed by atoms with van der Waals surface area (Å²) in [5, 5.41) is 4.27. The molecule has 0 bridgehead atoms. The SMILES string of the molecule is CC1(C)CC(NC(=O)Cn2ccc3cc(Br)ccc32)CCO1. The molecule has 1 fully saturated rings. The van der Waals surface area contributed by atoms with E-state index in [9.17, 15) is 4.79 Å². The van der Waals surface area contributed by atoms with Crippen molar-refractivity contribution >= 4 is 32.7 Å². The molecular formula is C17H21BrN2O2. The van der Waals surface area contributed by atoms with Crippen molar-refractivity contribution in [3.05, 3.63) is 34.9 Å². The average molecular weight is 365 g/mol. The maximum absolute atomic E-state index is 12.3. The van der Waals surface area contributed by atoms with Crippen molar-refractivity contribution in [1.82, 2.24) is 9.88 Å². The Hall–Kier alpha value is -1.33. The third kappa shape index (κ3) is 3.52. The number of halogens is 1. The zero-order valence-corrected chi connectivity index (χ0v) is 14.5. The predicted molar refractivity (Wildman–Crippen MR) is 90.8 cm³/mol. The molecule has 1 aromatic heterocycles. The van der Waals surface area contributed by atoms with Crippen LogP contribution in [0.4, 0.5) is 0 Å². The van der Waals surface area contributed by atoms with Crippen LogP contribution in [0.25, 0.3) is 10.9 Å². The number of rotatable bonds is 3. The molecule has 1 aliphatic rings. The summed E-state index contributed by atoms with van der Waals surface area (Å²) >= 11 is 3.47. The van der Waals surface area contributed by atoms with Gasteiger partial charge in [-0.1, -0.05) is 15.9 Å². The van der Waals surface area contributed by atoms with Gasteiger partial charge >= 0.3 is 0 Å². The number of fused-ring (bicyclic) bond motifs is 1. The van der Waals surface area contributed by atoms with E-state index >= 15 is 0 Å². The molecule has 5 heteroatoms. The van der Waals surface area contributed by atoms with Crippen molar-refractivity contribution in [3.63, 3.8) is 0 Å². The molecule has 4 nitrogen and oxygen atoms in total. The Labute approximate surface area is 139 Å². The predicted octanol–water partition coefficient (Wildman–Crippen LogP) is 3.48. The monoisotopic (exact) mass is 364 g/mol. The Morgan fingerprint density at radius 2 is 2.27 bits per heavy atom. The Morgan fingerprint density at radius 1 is 1.45 bits per heavy atom. The molecule has 1 aromatic carbocycles. The molecule has 1 N–H and O–H groups in total. The maximum atomic E-state index is 12.3. The number of ether oxygens (including phenoxy) is 1. The number of nitrogens with zero attached hydrogens (tertiary/aromatic N) is 1. The summed E-state index contributed by atoms with van der Waals surface area (Å²) < 4.78 is 8.73. The first-order valence-electron chi connectivity index (χ1n) is 7.61. The van der Waals surface area contributed by atoms with Gasteiger partial charge in [0, 0.05) is 34.2 Å². The average Bonchev–Trinajstić information content (AvgIpc) is 2.79. The van der Waals surface area contributed by atoms with Gasteiger partial charge in [-0.2, -0.15) is 0 Å². The van der Waals surface area contributed by atoms with Crippen LogP contribution < -0.4 is 5.32 Å². The zero-order chi connectivity index (χ0) is 15.7. The normalized spacial score (nSPS) is 21.0. The van der Waals surface area contributed by atoms with Crippen LogP contribution in [0.2, 0.25) is 0 Å². The van der Waals surface area contributed by atoms with E-state index in [4.69, 9.17) is 4.74 Å². The van der Waals surface area contributed by atoms with Crippen LogP contribution in [0.5, 0.6) is 0 Å². The molecular weight excluding hydrogens is 344 g/mol. The fourth-order valence-electron chi connectivity index (χ4n) is 3.09. The summed E-state index contributed by atoms with van der Waals surface area (Å²) in [6.45, 7) is 5.20. The summed E-state index contributed by atoms with van der Waals surface area (Å²) in [6, 6.07) is 8.32. The minimum Gasteiger partial charge on any atom is -0.375 e. The minimum atomic E-state index is -0.150. The van der Waals surface area contributed by atoms with Crippen molar-refractivity contribution in [2.24, 2.45) is 0 Å². The Kier molecular flexibility index (Phi) is 4.28. The van der Waals surface area contributed by atoms with Gasteiger partial charge in [-0.05, 0) is 51.0 Å². The molecule has 0 saturated carbocycles. The van der Waals surface area contributed by atoms with Crippen molar-refractivity contribution in [1.29, 1.82) is 0 Å². The number of aromatic nitrogens is 1. The van der Waals surface area contributed by atoms with Gasteiger partial charge in [0.25, 0.3) is 0 Å². The van der Waals surface area contributed by atoms with Crippen molar-refractivity contribution in [2.75, 3.05) is 6.61 Å². The number of nitrogens with one attached hydrogen (secondary N) is 1. The van der Waals surface area contributed by atoms with Crippen LogP contribution in [0.3, 0.4) is 0 Å². The lowest BCUT2D eigenvalue weighted by Gasteiger charge is -2.35. The number of amides is 1. The molecule has 1 saturated heterocycles. The lowest BCUT2D eigenvalue weighted by Crippen LogP contribution is -2.46. The fourth-order valence-corrected chi connectivity index (χ4v) is 3.47. The van der Waals surface area contributed by atoms with Gasteiger partial charge in [-0.25, -0.2) is 0 Å². The quantitative estimate of drug-likeness (QED) is 0.905. The van der Waals surface area contributed by atoms with Crippen LogP contribution >= 0.6 is 15.9 Å². The Bertz CT molecular complexity index is 693. The van der Waals surface area contributed by atoms with Crippen LogP contribution in [0, 0.1) is 0 Å². The van der Waals surface area contributed by atoms with E-state index in [2.05, 4.69) is 41.2 Å². The van der Waals surface area contributed by atoms with Crippen LogP contribution in [0.15, 0.2) is 34.9 Å². The standard InChI is InChI=1S/C17H21BrN2O2/c1-17(2)10-14(6-8-22-17)19-16(21)11-20-7-5-12-9-13(18)3-4-15(12)20/h3-5,7,9,14H,6,8,10-11H2,1-2H3,(H,19,21). The Morgan fingerprint density at radius 3 is 3.05 bits per heavy atom. The minimum absolute atomic E-state index is 0.0584. The molecule has 118 valence electrons. The third-order valence-electron chi connectivity index (χ3n) is 4.11. The lowest BCUT2D eigenvalue weighted by atomic mass is 9.94. The molecule has 1 unspecified atom stereocenters. The highest BCUT2D eigenvalue weighted by atomic mass is 79.9. The lowest BCUT2D eigenvalue weighted by molar-refractivity contribution is -0.124. The van der Waals surface area contributed by atoms with E-state index in [-0.39, 0.29) is 17.6 Å². The Balaban J connectivity index is 1.66. The molecule has 0 aliphatic carbocycles. The van der Waals surface area contributed by atoms with E-state index in [0.29, 0.717) is 13.2 Å². The smallest absolute Gasteiger partial charge is 0.240 e. The van der Waals surface area contributed by atoms with E-state index < -0.39 is 0 Å². The van der Waals surface area contributed by atoms with Gasteiger partial charge < -0.3 is 14.6 Å². The van der Waals surface area contributed by atoms with Crippen molar-refractivity contribution in [2.45, 2.75) is 44.9 Å². The summed E-state index contributed by atoms with van der Waals surface area (Å²) in [5.74, 6) is 0.0584. The second-order valence-electron chi connectivity index (χ2n) is 6.51. The van der Waals surface area contributed by atoms with Gasteiger partial charge in [-0.3, -0.25) is 4.79 Å². The van der Waals surface area contributed by atoms with Gasteiger partial charge in [-0.15, -0.1) is 0 Å². The third-order valence-corrected chi connectivity index (χ3v) is 4.60. The van der Waals surface area contributed by atoms with E-state index in [1.54, 1.807) is 0 Å². The molecule has 0 radical (unpaired) electrons. The van der Waals surface area contributed by atoms with Gasteiger partial charge in [0.1, 0.15) is 6.54 Å². The van der Waals surface area contributed by atoms with Crippen molar-refractivity contribution < 1.29 is 9.53 Å². The van der Waals surface area contributed by atoms with Gasteiger partial charge in [0.15, 0.2) is 0 Å². The molecule has 1 aliphatic heterocycles. The highest BCUT2D eigenvalue weighted by molar-refractivity contribution is 9.10. The summed E-state index contributed by atoms with van der Waals surface area (Å²) in [7, 11) is 0. The highest BCUT2D eigenvalue weighted by Crippen LogP contribution is 2.24. The van der Waals surface area contributed by atoms with Gasteiger partial charge in [0.05, 0.1) is 5.60 Å². The van der Waals surface area contributed by atoms with E-state index in [1.165, 1.54) is 0 Å². The first kappa shape index (κ1) is 15.6. The maximum Gasteiger partial charge on any atom is 0.240 e. The second-order valence-corrected chi connectivity index (χ2v) is 7.43.